The number of hydrogen-bond acceptors (Lipinski definition) is 3. The third kappa shape index (κ3) is 1.89. The molecule has 1 aliphatic heterocycles. The summed E-state index contributed by atoms with van der Waals surface area (Å²) in [5.41, 5.74) is 0. The lowest BCUT2D eigenvalue weighted by atomic mass is 9.85. The summed E-state index contributed by atoms with van der Waals surface area (Å²) in [6, 6.07) is 0. The summed E-state index contributed by atoms with van der Waals surface area (Å²) in [6.07, 6.45) is 5.31. The number of hydrogen-bond donors (Lipinski definition) is 1. The van der Waals surface area contributed by atoms with Crippen molar-refractivity contribution in [1.82, 2.24) is 4.90 Å². The lowest BCUT2D eigenvalue weighted by molar-refractivity contribution is -0.140. The third-order valence-electron chi connectivity index (χ3n) is 3.37. The van der Waals surface area contributed by atoms with Gasteiger partial charge < -0.3 is 5.11 Å². The minimum atomic E-state index is -0.471. The molecule has 2 rings (SSSR count). The van der Waals surface area contributed by atoms with Crippen LogP contribution in [0.15, 0.2) is 12.2 Å². The van der Waals surface area contributed by atoms with Crippen molar-refractivity contribution < 1.29 is 14.7 Å². The maximum absolute atomic E-state index is 12.0. The number of likely N-dealkylation sites (tertiary alicyclic amines) is 1. The number of imide groups is 1. The van der Waals surface area contributed by atoms with Crippen LogP contribution < -0.4 is 0 Å². The van der Waals surface area contributed by atoms with Crippen LogP contribution in [0.1, 0.15) is 26.2 Å². The average Bonchev–Trinajstić information content (AvgIpc) is 2.50. The highest BCUT2D eigenvalue weighted by atomic mass is 16.3. The normalized spacial score (nSPS) is 30.8. The molecule has 1 aliphatic carbocycles. The van der Waals surface area contributed by atoms with Crippen molar-refractivity contribution in [1.29, 1.82) is 0 Å². The summed E-state index contributed by atoms with van der Waals surface area (Å²) in [5, 5.41) is 9.18. The minimum absolute atomic E-state index is 0.0556. The molecule has 0 saturated carbocycles. The van der Waals surface area contributed by atoms with E-state index in [0.717, 1.165) is 0 Å². The van der Waals surface area contributed by atoms with Crippen LogP contribution in [0, 0.1) is 11.8 Å². The molecule has 1 saturated heterocycles. The quantitative estimate of drug-likeness (QED) is 0.566. The molecule has 0 aromatic carbocycles. The smallest absolute Gasteiger partial charge is 0.233 e. The van der Waals surface area contributed by atoms with Crippen molar-refractivity contribution in [2.75, 3.05) is 6.54 Å². The zero-order chi connectivity index (χ0) is 11.7. The number of amides is 2. The molecule has 2 aliphatic rings. The zero-order valence-corrected chi connectivity index (χ0v) is 9.43. The number of carbonyl (C=O) groups excluding carboxylic acids is 2. The number of aliphatic hydroxyl groups is 1. The number of nitrogens with zero attached hydrogens (tertiary/aromatic N) is 1. The Kier molecular flexibility index (Phi) is 3.10. The molecule has 88 valence electrons. The lowest BCUT2D eigenvalue weighted by Crippen LogP contribution is -2.33. The van der Waals surface area contributed by atoms with Crippen molar-refractivity contribution in [2.24, 2.45) is 11.8 Å². The third-order valence-corrected chi connectivity index (χ3v) is 3.37. The topological polar surface area (TPSA) is 57.6 Å². The molecule has 1 N–H and O–H groups in total. The average molecular weight is 223 g/mol. The molecule has 2 amide bonds. The molecule has 1 unspecified atom stereocenters. The fraction of sp³-hybridized carbons (Fsp3) is 0.667. The van der Waals surface area contributed by atoms with Crippen LogP contribution in [0.3, 0.4) is 0 Å². The lowest BCUT2D eigenvalue weighted by Gasteiger charge is -2.15. The predicted octanol–water partition coefficient (Wildman–Crippen LogP) is 0.708. The van der Waals surface area contributed by atoms with Crippen molar-refractivity contribution in [3.8, 4) is 0 Å². The van der Waals surface area contributed by atoms with E-state index in [1.807, 2.05) is 12.2 Å². The van der Waals surface area contributed by atoms with Gasteiger partial charge in [-0.15, -0.1) is 0 Å². The molecule has 3 atom stereocenters. The highest BCUT2D eigenvalue weighted by Gasteiger charge is 2.46. The molecule has 1 fully saturated rings. The van der Waals surface area contributed by atoms with E-state index < -0.39 is 6.10 Å². The monoisotopic (exact) mass is 223 g/mol. The van der Waals surface area contributed by atoms with Gasteiger partial charge in [0.05, 0.1) is 17.9 Å². The maximum atomic E-state index is 12.0. The molecular formula is C12H17NO3. The van der Waals surface area contributed by atoms with Gasteiger partial charge in [0.15, 0.2) is 0 Å². The molecule has 0 aromatic rings. The second kappa shape index (κ2) is 4.37. The van der Waals surface area contributed by atoms with Crippen LogP contribution in [0.25, 0.3) is 0 Å². The van der Waals surface area contributed by atoms with Gasteiger partial charge in [-0.3, -0.25) is 14.5 Å². The standard InChI is InChI=1S/C12H17NO3/c1-8(14)6-7-13-11(15)9-4-2-3-5-10(9)12(13)16/h2-3,8-10,14H,4-7H2,1H3/t8?,9-,10+. The Morgan fingerprint density at radius 3 is 2.25 bits per heavy atom. The second-order valence-corrected chi connectivity index (χ2v) is 4.62. The highest BCUT2D eigenvalue weighted by Crippen LogP contribution is 2.34. The van der Waals surface area contributed by atoms with Gasteiger partial charge in [0.2, 0.25) is 11.8 Å². The fourth-order valence-electron chi connectivity index (χ4n) is 2.41. The van der Waals surface area contributed by atoms with Crippen LogP contribution in [-0.2, 0) is 9.59 Å². The van der Waals surface area contributed by atoms with E-state index in [9.17, 15) is 14.7 Å². The molecule has 0 aromatic heterocycles. The van der Waals surface area contributed by atoms with E-state index in [0.29, 0.717) is 25.8 Å². The molecular weight excluding hydrogens is 206 g/mol. The van der Waals surface area contributed by atoms with Crippen LogP contribution in [0.5, 0.6) is 0 Å². The van der Waals surface area contributed by atoms with E-state index >= 15 is 0 Å². The van der Waals surface area contributed by atoms with Crippen LogP contribution >= 0.6 is 0 Å². The Morgan fingerprint density at radius 1 is 1.31 bits per heavy atom. The first kappa shape index (κ1) is 11.3. The van der Waals surface area contributed by atoms with Crippen molar-refractivity contribution in [3.05, 3.63) is 12.2 Å². The molecule has 4 heteroatoms. The zero-order valence-electron chi connectivity index (χ0n) is 9.43. The number of fused-ring (bicyclic) bond motifs is 1. The van der Waals surface area contributed by atoms with Crippen LogP contribution in [-0.4, -0.2) is 34.5 Å². The summed E-state index contributed by atoms with van der Waals surface area (Å²) < 4.78 is 0. The van der Waals surface area contributed by atoms with Crippen LogP contribution in [0.4, 0.5) is 0 Å². The van der Waals surface area contributed by atoms with Gasteiger partial charge in [-0.05, 0) is 26.2 Å². The van der Waals surface area contributed by atoms with Crippen molar-refractivity contribution in [2.45, 2.75) is 32.3 Å². The van der Waals surface area contributed by atoms with Gasteiger partial charge in [-0.2, -0.15) is 0 Å². The molecule has 1 heterocycles. The summed E-state index contributed by atoms with van der Waals surface area (Å²) in [7, 11) is 0. The first-order chi connectivity index (χ1) is 7.61. The summed E-state index contributed by atoms with van der Waals surface area (Å²) in [5.74, 6) is -0.405. The van der Waals surface area contributed by atoms with Gasteiger partial charge in [-0.1, -0.05) is 12.2 Å². The van der Waals surface area contributed by atoms with E-state index in [1.165, 1.54) is 4.90 Å². The Labute approximate surface area is 94.9 Å². The molecule has 4 nitrogen and oxygen atoms in total. The largest absolute Gasteiger partial charge is 0.393 e. The van der Waals surface area contributed by atoms with Crippen molar-refractivity contribution in [3.63, 3.8) is 0 Å². The van der Waals surface area contributed by atoms with Gasteiger partial charge >= 0.3 is 0 Å². The molecule has 0 radical (unpaired) electrons. The Hall–Kier alpha value is -1.16. The summed E-state index contributed by atoms with van der Waals surface area (Å²) in [6.45, 7) is 2.02. The Bertz CT molecular complexity index is 309. The van der Waals surface area contributed by atoms with Crippen molar-refractivity contribution >= 4 is 11.8 Å². The van der Waals surface area contributed by atoms with Gasteiger partial charge in [-0.25, -0.2) is 0 Å². The second-order valence-electron chi connectivity index (χ2n) is 4.62. The molecule has 0 bridgehead atoms. The Balaban J connectivity index is 2.06. The van der Waals surface area contributed by atoms with E-state index in [4.69, 9.17) is 0 Å². The Morgan fingerprint density at radius 2 is 1.81 bits per heavy atom. The fourth-order valence-corrected chi connectivity index (χ4v) is 2.41. The number of carbonyl (C=O) groups is 2. The number of allylic oxidation sites excluding steroid dienone is 2. The summed E-state index contributed by atoms with van der Waals surface area (Å²) >= 11 is 0. The van der Waals surface area contributed by atoms with E-state index in [2.05, 4.69) is 0 Å². The van der Waals surface area contributed by atoms with Gasteiger partial charge in [0, 0.05) is 6.54 Å². The highest BCUT2D eigenvalue weighted by molar-refractivity contribution is 6.05. The maximum Gasteiger partial charge on any atom is 0.233 e. The number of rotatable bonds is 3. The summed E-state index contributed by atoms with van der Waals surface area (Å²) in [4.78, 5) is 25.2. The molecule has 16 heavy (non-hydrogen) atoms. The first-order valence-corrected chi connectivity index (χ1v) is 5.79. The SMILES string of the molecule is CC(O)CCN1C(=O)[C@H]2CC=CC[C@H]2C1=O. The first-order valence-electron chi connectivity index (χ1n) is 5.79. The van der Waals surface area contributed by atoms with E-state index in [1.54, 1.807) is 6.92 Å². The molecule has 0 spiro atoms. The predicted molar refractivity (Wildman–Crippen MR) is 58.4 cm³/mol. The van der Waals surface area contributed by atoms with Gasteiger partial charge in [0.25, 0.3) is 0 Å². The minimum Gasteiger partial charge on any atom is -0.393 e. The van der Waals surface area contributed by atoms with Gasteiger partial charge in [0.1, 0.15) is 0 Å². The van der Waals surface area contributed by atoms with E-state index in [-0.39, 0.29) is 23.7 Å². The number of aliphatic hydroxyl groups excluding tert-OH is 1. The van der Waals surface area contributed by atoms with Crippen LogP contribution in [0.2, 0.25) is 0 Å².